The number of ketones is 1. The molecule has 3 nitrogen and oxygen atoms in total. The van der Waals surface area contributed by atoms with E-state index in [-0.39, 0.29) is 12.4 Å². The summed E-state index contributed by atoms with van der Waals surface area (Å²) in [4.78, 5) is 28.3. The van der Waals surface area contributed by atoms with Gasteiger partial charge in [0.25, 0.3) is 0 Å². The van der Waals surface area contributed by atoms with E-state index in [1.54, 1.807) is 19.1 Å². The van der Waals surface area contributed by atoms with Crippen LogP contribution in [0.5, 0.6) is 0 Å². The van der Waals surface area contributed by atoms with Gasteiger partial charge >= 0.3 is 214 Å². The third-order valence-corrected chi connectivity index (χ3v) is 18.1. The Balaban J connectivity index is 2.19. The van der Waals surface area contributed by atoms with Gasteiger partial charge in [-0.05, 0) is 0 Å². The Bertz CT molecular complexity index is 1160. The van der Waals surface area contributed by atoms with Crippen LogP contribution in [0.25, 0.3) is 0 Å². The third kappa shape index (κ3) is 3.99. The van der Waals surface area contributed by atoms with Crippen LogP contribution in [0.15, 0.2) is 121 Å². The van der Waals surface area contributed by atoms with Gasteiger partial charge in [0.1, 0.15) is 0 Å². The molecule has 0 N–H and O–H groups in total. The molecule has 0 amide bonds. The van der Waals surface area contributed by atoms with Crippen molar-refractivity contribution in [3.8, 4) is 0 Å². The Morgan fingerprint density at radius 1 is 0.676 bits per heavy atom. The van der Waals surface area contributed by atoms with Crippen molar-refractivity contribution in [1.82, 2.24) is 0 Å². The molecule has 4 rings (SSSR count). The summed E-state index contributed by atoms with van der Waals surface area (Å²) in [5, 5.41) is 2.86. The van der Waals surface area contributed by atoms with E-state index in [1.807, 2.05) is 109 Å². The predicted molar refractivity (Wildman–Crippen MR) is 150 cm³/mol. The summed E-state index contributed by atoms with van der Waals surface area (Å²) in [6.07, 6.45) is 0. The fourth-order valence-corrected chi connectivity index (χ4v) is 14.0. The second-order valence-electron chi connectivity index (χ2n) is 7.97. The molecule has 0 aliphatic heterocycles. The van der Waals surface area contributed by atoms with Crippen molar-refractivity contribution in [3.05, 3.63) is 127 Å². The first-order valence-electron chi connectivity index (χ1n) is 11.2. The average Bonchev–Trinajstić information content (AvgIpc) is 2.91. The topological polar surface area (TPSA) is 43.4 Å². The molecule has 0 bridgehead atoms. The molecular weight excluding hydrogens is 554 g/mol. The maximum absolute atomic E-state index is 14.4. The zero-order chi connectivity index (χ0) is 24.0. The van der Waals surface area contributed by atoms with E-state index in [0.29, 0.717) is 5.56 Å². The van der Waals surface area contributed by atoms with E-state index in [9.17, 15) is 9.59 Å². The van der Waals surface area contributed by atoms with Crippen molar-refractivity contribution in [2.45, 2.75) is 12.6 Å². The fraction of sp³-hybridized carbons (Fsp3) is 0.103. The summed E-state index contributed by atoms with van der Waals surface area (Å²) in [6.45, 7) is 1.97. The minimum atomic E-state index is -3.79. The quantitative estimate of drug-likeness (QED) is 0.0886. The molecule has 34 heavy (non-hydrogen) atoms. The number of hydrogen-bond donors (Lipinski definition) is 0. The molecule has 0 spiro atoms. The maximum atomic E-state index is 14.4. The normalized spacial score (nSPS) is 13.3. The fourth-order valence-electron chi connectivity index (χ4n) is 4.56. The van der Waals surface area contributed by atoms with Crippen LogP contribution in [0.2, 0.25) is 0 Å². The van der Waals surface area contributed by atoms with Crippen LogP contribution in [0.3, 0.4) is 0 Å². The second kappa shape index (κ2) is 10.2. The van der Waals surface area contributed by atoms with Crippen LogP contribution in [-0.2, 0) is 9.53 Å². The van der Waals surface area contributed by atoms with E-state index in [4.69, 9.17) is 4.74 Å². The van der Waals surface area contributed by atoms with Crippen molar-refractivity contribution in [2.24, 2.45) is 0 Å². The van der Waals surface area contributed by atoms with Gasteiger partial charge in [-0.2, -0.15) is 0 Å². The summed E-state index contributed by atoms with van der Waals surface area (Å²) < 4.78 is 1.87. The van der Waals surface area contributed by atoms with E-state index in [1.165, 1.54) is 0 Å². The Morgan fingerprint density at radius 2 is 1.03 bits per heavy atom. The third-order valence-electron chi connectivity index (χ3n) is 6.08. The molecule has 5 heteroatoms. The first kappa shape index (κ1) is 24.3. The van der Waals surface area contributed by atoms with Gasteiger partial charge in [0.15, 0.2) is 0 Å². The Morgan fingerprint density at radius 3 is 1.38 bits per heavy atom. The van der Waals surface area contributed by atoms with Crippen molar-refractivity contribution in [2.75, 3.05) is 6.61 Å². The first-order chi connectivity index (χ1) is 16.5. The van der Waals surface area contributed by atoms with E-state index < -0.39 is 15.9 Å². The van der Waals surface area contributed by atoms with Gasteiger partial charge < -0.3 is 0 Å². The molecule has 0 fully saturated rings. The van der Waals surface area contributed by atoms with Gasteiger partial charge in [-0.3, -0.25) is 0 Å². The molecule has 172 valence electrons. The van der Waals surface area contributed by atoms with Crippen molar-refractivity contribution in [3.63, 3.8) is 0 Å². The summed E-state index contributed by atoms with van der Waals surface area (Å²) >= 11 is 2.47. The predicted octanol–water partition coefficient (Wildman–Crippen LogP) is 5.68. The average molecular weight is 580 g/mol. The number of rotatable bonds is 8. The number of carbonyl (C=O) groups is 2. The van der Waals surface area contributed by atoms with E-state index in [2.05, 4.69) is 22.0 Å². The Hall–Kier alpha value is -2.82. The summed E-state index contributed by atoms with van der Waals surface area (Å²) in [7, 11) is 0. The number of ether oxygens (including phenoxy) is 1. The number of halogens is 1. The summed E-state index contributed by atoms with van der Waals surface area (Å²) in [6, 6.07) is 39.0. The van der Waals surface area contributed by atoms with Crippen molar-refractivity contribution < 1.29 is 14.3 Å². The van der Waals surface area contributed by atoms with E-state index in [0.717, 1.165) is 15.9 Å². The molecule has 1 atom stereocenters. The standard InChI is InChI=1S/C29H26IO3P/c1-2-33-29(32)28(27(31)23-15-7-3-8-16-23)34(30,24-17-9-4-10-18-24,25-19-11-5-12-20-25)26-21-13-6-14-22-26/h3-22,28H,2H2,1H3. The molecule has 1 unspecified atom stereocenters. The zero-order valence-corrected chi connectivity index (χ0v) is 21.9. The summed E-state index contributed by atoms with van der Waals surface area (Å²) in [5.41, 5.74) is -0.560. The minimum absolute atomic E-state index is 0.193. The molecule has 4 aromatic carbocycles. The van der Waals surface area contributed by atoms with Gasteiger partial charge in [0.05, 0.1) is 0 Å². The van der Waals surface area contributed by atoms with Crippen LogP contribution >= 0.6 is 26.3 Å². The Labute approximate surface area is 213 Å². The molecule has 0 saturated heterocycles. The Kier molecular flexibility index (Phi) is 7.30. The van der Waals surface area contributed by atoms with Crippen molar-refractivity contribution in [1.29, 1.82) is 0 Å². The molecule has 0 radical (unpaired) electrons. The molecule has 0 aliphatic carbocycles. The molecule has 0 aliphatic rings. The zero-order valence-electron chi connectivity index (χ0n) is 18.9. The monoisotopic (exact) mass is 580 g/mol. The molecule has 4 aromatic rings. The number of Topliss-reactive ketones (excluding diaryl/α,β-unsaturated/α-hetero) is 1. The van der Waals surface area contributed by atoms with Gasteiger partial charge in [0.2, 0.25) is 0 Å². The van der Waals surface area contributed by atoms with Crippen LogP contribution in [0.4, 0.5) is 0 Å². The second-order valence-corrected chi connectivity index (χ2v) is 18.2. The molecule has 0 heterocycles. The number of esters is 1. The van der Waals surface area contributed by atoms with Gasteiger partial charge in [-0.1, -0.05) is 0 Å². The van der Waals surface area contributed by atoms with Crippen molar-refractivity contribution >= 4 is 54.0 Å². The first-order valence-corrected chi connectivity index (χ1v) is 16.3. The van der Waals surface area contributed by atoms with Crippen LogP contribution in [0, 0.1) is 0 Å². The number of carbonyl (C=O) groups excluding carboxylic acids is 2. The molecule has 0 saturated carbocycles. The van der Waals surface area contributed by atoms with E-state index >= 15 is 0 Å². The van der Waals surface area contributed by atoms with Crippen LogP contribution in [-0.4, -0.2) is 24.0 Å². The number of benzene rings is 4. The van der Waals surface area contributed by atoms with Gasteiger partial charge in [0, 0.05) is 0 Å². The molecular formula is C29H26IO3P. The van der Waals surface area contributed by atoms with Gasteiger partial charge in [-0.15, -0.1) is 0 Å². The summed E-state index contributed by atoms with van der Waals surface area (Å²) in [5.74, 6) is -0.734. The SMILES string of the molecule is CCOC(=O)C(C(=O)c1ccccc1)P(I)(c1ccccc1)(c1ccccc1)c1ccccc1. The van der Waals surface area contributed by atoms with Crippen LogP contribution in [0.1, 0.15) is 17.3 Å². The molecule has 0 aromatic heterocycles. The van der Waals surface area contributed by atoms with Gasteiger partial charge in [-0.25, -0.2) is 0 Å². The number of hydrogen-bond acceptors (Lipinski definition) is 3. The van der Waals surface area contributed by atoms with Crippen LogP contribution < -0.4 is 15.9 Å².